The van der Waals surface area contributed by atoms with Gasteiger partial charge in [-0.15, -0.1) is 22.7 Å². The normalized spacial score (nSPS) is 16.0. The molecule has 1 unspecified atom stereocenters. The molecule has 146 valence electrons. The number of carbonyl (C=O) groups excluding carboxylic acids is 1. The zero-order chi connectivity index (χ0) is 19.3. The average molecular weight is 434 g/mol. The van der Waals surface area contributed by atoms with Gasteiger partial charge in [-0.25, -0.2) is 4.98 Å². The van der Waals surface area contributed by atoms with Crippen molar-refractivity contribution in [3.63, 3.8) is 0 Å². The maximum absolute atomic E-state index is 12.7. The van der Waals surface area contributed by atoms with Crippen LogP contribution in [0.5, 0.6) is 0 Å². The maximum Gasteiger partial charge on any atom is 0.263 e. The number of carbonyl (C=O) groups is 1. The minimum atomic E-state index is -0.106. The van der Waals surface area contributed by atoms with E-state index in [1.54, 1.807) is 17.5 Å². The molecule has 1 aliphatic heterocycles. The van der Waals surface area contributed by atoms with Crippen LogP contribution in [0.1, 0.15) is 21.3 Å². The van der Waals surface area contributed by atoms with Crippen LogP contribution in [0.25, 0.3) is 9.88 Å². The van der Waals surface area contributed by atoms with Crippen LogP contribution in [-0.4, -0.2) is 48.6 Å². The second-order valence-corrected chi connectivity index (χ2v) is 8.79. The van der Waals surface area contributed by atoms with E-state index in [-0.39, 0.29) is 11.9 Å². The first-order valence-corrected chi connectivity index (χ1v) is 11.1. The maximum atomic E-state index is 12.7. The van der Waals surface area contributed by atoms with E-state index in [1.807, 2.05) is 41.8 Å². The summed E-state index contributed by atoms with van der Waals surface area (Å²) in [5.41, 5.74) is 1.02. The molecule has 1 N–H and O–H groups in total. The number of amides is 1. The quantitative estimate of drug-likeness (QED) is 0.628. The van der Waals surface area contributed by atoms with Crippen molar-refractivity contribution in [1.29, 1.82) is 0 Å². The molecule has 8 heteroatoms. The van der Waals surface area contributed by atoms with Gasteiger partial charge in [-0.05, 0) is 23.1 Å². The molecular weight excluding hydrogens is 414 g/mol. The Hall–Kier alpha value is -1.77. The molecule has 1 saturated heterocycles. The lowest BCUT2D eigenvalue weighted by Crippen LogP contribution is -2.43. The largest absolute Gasteiger partial charge is 0.379 e. The lowest BCUT2D eigenvalue weighted by molar-refractivity contribution is 0.0162. The summed E-state index contributed by atoms with van der Waals surface area (Å²) in [7, 11) is 0. The molecule has 3 heterocycles. The van der Waals surface area contributed by atoms with Crippen molar-refractivity contribution in [2.75, 3.05) is 32.8 Å². The Morgan fingerprint density at radius 2 is 2.07 bits per heavy atom. The fourth-order valence-corrected chi connectivity index (χ4v) is 5.14. The van der Waals surface area contributed by atoms with E-state index in [0.29, 0.717) is 29.7 Å². The predicted molar refractivity (Wildman–Crippen MR) is 114 cm³/mol. The van der Waals surface area contributed by atoms with Gasteiger partial charge in [-0.1, -0.05) is 35.9 Å². The summed E-state index contributed by atoms with van der Waals surface area (Å²) in [5, 5.41) is 6.67. The molecule has 0 saturated carbocycles. The number of rotatable bonds is 6. The van der Waals surface area contributed by atoms with E-state index in [9.17, 15) is 4.79 Å². The van der Waals surface area contributed by atoms with Gasteiger partial charge < -0.3 is 10.1 Å². The topological polar surface area (TPSA) is 54.5 Å². The summed E-state index contributed by atoms with van der Waals surface area (Å²) in [6.07, 6.45) is 1.65. The summed E-state index contributed by atoms with van der Waals surface area (Å²) >= 11 is 9.49. The van der Waals surface area contributed by atoms with E-state index >= 15 is 0 Å². The molecule has 2 aromatic heterocycles. The number of thiazole rings is 1. The highest BCUT2D eigenvalue weighted by Gasteiger charge is 2.25. The van der Waals surface area contributed by atoms with Crippen LogP contribution in [0.2, 0.25) is 5.02 Å². The van der Waals surface area contributed by atoms with Crippen molar-refractivity contribution in [2.45, 2.75) is 6.04 Å². The molecule has 3 aromatic rings. The van der Waals surface area contributed by atoms with E-state index in [4.69, 9.17) is 16.3 Å². The van der Waals surface area contributed by atoms with Gasteiger partial charge >= 0.3 is 0 Å². The Labute approximate surface area is 176 Å². The average Bonchev–Trinajstić information content (AvgIpc) is 3.42. The van der Waals surface area contributed by atoms with E-state index in [2.05, 4.69) is 15.2 Å². The van der Waals surface area contributed by atoms with Crippen LogP contribution < -0.4 is 5.32 Å². The fourth-order valence-electron chi connectivity index (χ4n) is 3.24. The molecular formula is C20H20ClN3O2S2. The predicted octanol–water partition coefficient (Wildman–Crippen LogP) is 4.33. The zero-order valence-corrected chi connectivity index (χ0v) is 17.5. The Balaban J connectivity index is 1.48. The highest BCUT2D eigenvalue weighted by molar-refractivity contribution is 7.21. The number of ether oxygens (including phenoxy) is 1. The summed E-state index contributed by atoms with van der Waals surface area (Å²) in [6, 6.07) is 11.8. The Morgan fingerprint density at radius 3 is 2.82 bits per heavy atom. The fraction of sp³-hybridized carbons (Fsp3) is 0.300. The molecule has 0 spiro atoms. The zero-order valence-electron chi connectivity index (χ0n) is 15.1. The number of hydrogen-bond donors (Lipinski definition) is 1. The summed E-state index contributed by atoms with van der Waals surface area (Å²) in [5.74, 6) is -0.106. The van der Waals surface area contributed by atoms with Gasteiger partial charge in [0, 0.05) is 24.7 Å². The second-order valence-electron chi connectivity index (χ2n) is 6.40. The number of nitrogens with zero attached hydrogens (tertiary/aromatic N) is 2. The highest BCUT2D eigenvalue weighted by atomic mass is 35.5. The van der Waals surface area contributed by atoms with Gasteiger partial charge in [0.1, 0.15) is 9.88 Å². The second kappa shape index (κ2) is 9.15. The van der Waals surface area contributed by atoms with Gasteiger partial charge in [0.2, 0.25) is 0 Å². The molecule has 1 fully saturated rings. The molecule has 4 rings (SSSR count). The molecule has 1 amide bonds. The van der Waals surface area contributed by atoms with Crippen molar-refractivity contribution in [3.8, 4) is 9.88 Å². The van der Waals surface area contributed by atoms with E-state index < -0.39 is 0 Å². The van der Waals surface area contributed by atoms with Gasteiger partial charge in [0.05, 0.1) is 30.3 Å². The van der Waals surface area contributed by atoms with Gasteiger partial charge in [-0.3, -0.25) is 9.69 Å². The summed E-state index contributed by atoms with van der Waals surface area (Å²) in [4.78, 5) is 21.1. The molecule has 0 aliphatic carbocycles. The van der Waals surface area contributed by atoms with Crippen LogP contribution in [0.4, 0.5) is 0 Å². The lowest BCUT2D eigenvalue weighted by Gasteiger charge is -2.35. The number of benzene rings is 1. The van der Waals surface area contributed by atoms with Crippen molar-refractivity contribution < 1.29 is 9.53 Å². The number of aromatic nitrogens is 1. The van der Waals surface area contributed by atoms with Crippen LogP contribution >= 0.6 is 34.3 Å². The van der Waals surface area contributed by atoms with Crippen molar-refractivity contribution >= 4 is 40.2 Å². The first-order valence-electron chi connectivity index (χ1n) is 9.06. The Kier molecular flexibility index (Phi) is 6.39. The first kappa shape index (κ1) is 19.5. The Bertz CT molecular complexity index is 923. The molecule has 0 radical (unpaired) electrons. The molecule has 0 bridgehead atoms. The molecule has 1 atom stereocenters. The number of morpholine rings is 1. The minimum absolute atomic E-state index is 0.00578. The minimum Gasteiger partial charge on any atom is -0.379 e. The van der Waals surface area contributed by atoms with Gasteiger partial charge in [0.15, 0.2) is 0 Å². The third-order valence-electron chi connectivity index (χ3n) is 4.67. The molecule has 5 nitrogen and oxygen atoms in total. The highest BCUT2D eigenvalue weighted by Crippen LogP contribution is 2.30. The van der Waals surface area contributed by atoms with E-state index in [1.165, 1.54) is 11.3 Å². The smallest absolute Gasteiger partial charge is 0.263 e. The summed E-state index contributed by atoms with van der Waals surface area (Å²) in [6.45, 7) is 3.49. The Morgan fingerprint density at radius 1 is 1.25 bits per heavy atom. The van der Waals surface area contributed by atoms with Gasteiger partial charge in [0.25, 0.3) is 5.91 Å². The van der Waals surface area contributed by atoms with Crippen molar-refractivity contribution in [2.24, 2.45) is 0 Å². The molecule has 28 heavy (non-hydrogen) atoms. The lowest BCUT2D eigenvalue weighted by atomic mass is 10.0. The number of halogens is 1. The SMILES string of the molecule is O=C(NCC(c1ccccc1Cl)N1CCOCC1)c1cnc(-c2cccs2)s1. The van der Waals surface area contributed by atoms with Crippen molar-refractivity contribution in [3.05, 3.63) is 63.4 Å². The van der Waals surface area contributed by atoms with Gasteiger partial charge in [-0.2, -0.15) is 0 Å². The van der Waals surface area contributed by atoms with Crippen LogP contribution in [-0.2, 0) is 4.74 Å². The van der Waals surface area contributed by atoms with E-state index in [0.717, 1.165) is 28.5 Å². The van der Waals surface area contributed by atoms with Crippen LogP contribution in [0, 0.1) is 0 Å². The number of hydrogen-bond acceptors (Lipinski definition) is 6. The van der Waals surface area contributed by atoms with Crippen LogP contribution in [0.15, 0.2) is 48.0 Å². The first-order chi connectivity index (χ1) is 13.7. The molecule has 1 aromatic carbocycles. The third-order valence-corrected chi connectivity index (χ3v) is 7.05. The van der Waals surface area contributed by atoms with Crippen LogP contribution in [0.3, 0.4) is 0 Å². The third kappa shape index (κ3) is 4.45. The van der Waals surface area contributed by atoms with Crippen molar-refractivity contribution in [1.82, 2.24) is 15.2 Å². The molecule has 1 aliphatic rings. The standard InChI is InChI=1S/C20H20ClN3O2S2/c21-15-5-2-1-4-14(15)16(24-7-9-26-10-8-24)12-22-19(25)18-13-23-20(28-18)17-6-3-11-27-17/h1-6,11,13,16H,7-10,12H2,(H,22,25). The number of nitrogens with one attached hydrogen (secondary N) is 1. The summed E-state index contributed by atoms with van der Waals surface area (Å²) < 4.78 is 5.48. The monoisotopic (exact) mass is 433 g/mol. The number of thiophene rings is 1.